The fourth-order valence-corrected chi connectivity index (χ4v) is 1.74. The third-order valence-corrected chi connectivity index (χ3v) is 2.62. The minimum Gasteiger partial charge on any atom is -0.396 e. The first-order valence-electron chi connectivity index (χ1n) is 5.96. The molecule has 0 heterocycles. The minimum absolute atomic E-state index is 0.251. The average Bonchev–Trinajstić information content (AvgIpc) is 2.35. The Morgan fingerprint density at radius 2 is 1.88 bits per heavy atom. The summed E-state index contributed by atoms with van der Waals surface area (Å²) in [5.41, 5.74) is 7.94. The quantitative estimate of drug-likeness (QED) is 0.739. The minimum atomic E-state index is 0.251. The number of aliphatic hydroxyl groups excluding tert-OH is 1. The van der Waals surface area contributed by atoms with Gasteiger partial charge in [-0.15, -0.1) is 0 Å². The topological polar surface area (TPSA) is 49.5 Å². The first kappa shape index (κ1) is 13.0. The van der Waals surface area contributed by atoms with Gasteiger partial charge in [0.25, 0.3) is 0 Å². The summed E-state index contributed by atoms with van der Waals surface area (Å²) in [5.74, 6) is 0. The molecule has 1 rings (SSSR count). The number of hydrogen-bond acceptors (Lipinski definition) is 3. The van der Waals surface area contributed by atoms with E-state index < -0.39 is 0 Å². The Balaban J connectivity index is 2.67. The zero-order valence-corrected chi connectivity index (χ0v) is 10.0. The smallest absolute Gasteiger partial charge is 0.0447 e. The summed E-state index contributed by atoms with van der Waals surface area (Å²) in [6.07, 6.45) is 1.93. The normalized spacial score (nSPS) is 10.4. The lowest BCUT2D eigenvalue weighted by Gasteiger charge is -2.24. The van der Waals surface area contributed by atoms with Gasteiger partial charge in [0, 0.05) is 31.9 Å². The van der Waals surface area contributed by atoms with Gasteiger partial charge in [0.2, 0.25) is 0 Å². The van der Waals surface area contributed by atoms with Crippen LogP contribution in [0.4, 0.5) is 5.69 Å². The highest BCUT2D eigenvalue weighted by Crippen LogP contribution is 2.15. The van der Waals surface area contributed by atoms with Crippen LogP contribution in [-0.4, -0.2) is 24.8 Å². The van der Waals surface area contributed by atoms with E-state index in [4.69, 9.17) is 10.8 Å². The van der Waals surface area contributed by atoms with Crippen molar-refractivity contribution in [1.82, 2.24) is 0 Å². The predicted octanol–water partition coefficient (Wildman–Crippen LogP) is 1.74. The molecule has 1 aromatic carbocycles. The van der Waals surface area contributed by atoms with Crippen molar-refractivity contribution in [3.63, 3.8) is 0 Å². The molecule has 0 unspecified atom stereocenters. The van der Waals surface area contributed by atoms with Crippen LogP contribution in [0.5, 0.6) is 0 Å². The molecule has 90 valence electrons. The molecule has 0 spiro atoms. The first-order valence-corrected chi connectivity index (χ1v) is 5.96. The highest BCUT2D eigenvalue weighted by atomic mass is 16.3. The van der Waals surface area contributed by atoms with Gasteiger partial charge in [-0.3, -0.25) is 0 Å². The second-order valence-corrected chi connectivity index (χ2v) is 3.93. The Bertz CT molecular complexity index is 284. The number of nitrogens with two attached hydrogens (primary N) is 1. The van der Waals surface area contributed by atoms with Crippen molar-refractivity contribution in [2.24, 2.45) is 5.73 Å². The molecule has 0 saturated heterocycles. The van der Waals surface area contributed by atoms with E-state index in [9.17, 15) is 0 Å². The van der Waals surface area contributed by atoms with Crippen molar-refractivity contribution in [2.75, 3.05) is 24.6 Å². The van der Waals surface area contributed by atoms with Gasteiger partial charge in [-0.2, -0.15) is 0 Å². The molecule has 0 atom stereocenters. The summed E-state index contributed by atoms with van der Waals surface area (Å²) in [7, 11) is 0. The number of benzene rings is 1. The molecular formula is C13H22N2O. The van der Waals surface area contributed by atoms with E-state index in [1.54, 1.807) is 0 Å². The van der Waals surface area contributed by atoms with Crippen molar-refractivity contribution < 1.29 is 5.11 Å². The number of nitrogens with zero attached hydrogens (tertiary/aromatic N) is 1. The average molecular weight is 222 g/mol. The van der Waals surface area contributed by atoms with Crippen LogP contribution in [0.1, 0.15) is 25.3 Å². The fraction of sp³-hybridized carbons (Fsp3) is 0.538. The molecule has 0 aliphatic carbocycles. The van der Waals surface area contributed by atoms with E-state index in [2.05, 4.69) is 36.1 Å². The summed E-state index contributed by atoms with van der Waals surface area (Å²) in [6, 6.07) is 8.35. The van der Waals surface area contributed by atoms with Gasteiger partial charge in [0.15, 0.2) is 0 Å². The number of anilines is 1. The third kappa shape index (κ3) is 3.83. The highest BCUT2D eigenvalue weighted by molar-refractivity contribution is 5.47. The molecule has 3 N–H and O–H groups in total. The Kier molecular flexibility index (Phi) is 5.90. The number of hydrogen-bond donors (Lipinski definition) is 2. The zero-order valence-electron chi connectivity index (χ0n) is 10.0. The van der Waals surface area contributed by atoms with E-state index >= 15 is 0 Å². The summed E-state index contributed by atoms with van der Waals surface area (Å²) in [5, 5.41) is 8.87. The predicted molar refractivity (Wildman–Crippen MR) is 68.5 cm³/mol. The summed E-state index contributed by atoms with van der Waals surface area (Å²) in [4.78, 5) is 2.30. The van der Waals surface area contributed by atoms with Crippen molar-refractivity contribution in [3.8, 4) is 0 Å². The zero-order chi connectivity index (χ0) is 11.8. The molecule has 0 aliphatic rings. The third-order valence-electron chi connectivity index (χ3n) is 2.62. The van der Waals surface area contributed by atoms with E-state index in [0.29, 0.717) is 6.54 Å². The van der Waals surface area contributed by atoms with Crippen molar-refractivity contribution >= 4 is 5.69 Å². The maximum absolute atomic E-state index is 8.87. The molecule has 16 heavy (non-hydrogen) atoms. The standard InChI is InChI=1S/C13H22N2O/c1-2-8-15(9-3-10-16)13-6-4-12(11-14)5-7-13/h4-7,16H,2-3,8-11,14H2,1H3. The monoisotopic (exact) mass is 222 g/mol. The van der Waals surface area contributed by atoms with Crippen LogP contribution < -0.4 is 10.6 Å². The summed E-state index contributed by atoms with van der Waals surface area (Å²) < 4.78 is 0. The van der Waals surface area contributed by atoms with Crippen LogP contribution in [0.3, 0.4) is 0 Å². The molecule has 0 aliphatic heterocycles. The Morgan fingerprint density at radius 3 is 2.38 bits per heavy atom. The van der Waals surface area contributed by atoms with Crippen LogP contribution in [0.25, 0.3) is 0 Å². The maximum Gasteiger partial charge on any atom is 0.0447 e. The van der Waals surface area contributed by atoms with Gasteiger partial charge in [-0.1, -0.05) is 19.1 Å². The largest absolute Gasteiger partial charge is 0.396 e. The summed E-state index contributed by atoms with van der Waals surface area (Å²) in [6.45, 7) is 4.94. The maximum atomic E-state index is 8.87. The molecule has 1 aromatic rings. The van der Waals surface area contributed by atoms with Gasteiger partial charge in [-0.05, 0) is 30.5 Å². The Morgan fingerprint density at radius 1 is 1.19 bits per heavy atom. The molecule has 0 aromatic heterocycles. The second kappa shape index (κ2) is 7.25. The van der Waals surface area contributed by atoms with Gasteiger partial charge in [0.1, 0.15) is 0 Å². The van der Waals surface area contributed by atoms with Gasteiger partial charge >= 0.3 is 0 Å². The molecule has 0 bridgehead atoms. The van der Waals surface area contributed by atoms with E-state index in [0.717, 1.165) is 31.5 Å². The van der Waals surface area contributed by atoms with Crippen molar-refractivity contribution in [3.05, 3.63) is 29.8 Å². The molecule has 3 heteroatoms. The molecular weight excluding hydrogens is 200 g/mol. The van der Waals surface area contributed by atoms with E-state index in [1.807, 2.05) is 0 Å². The fourth-order valence-electron chi connectivity index (χ4n) is 1.74. The van der Waals surface area contributed by atoms with Crippen LogP contribution in [0.15, 0.2) is 24.3 Å². The summed E-state index contributed by atoms with van der Waals surface area (Å²) >= 11 is 0. The highest BCUT2D eigenvalue weighted by Gasteiger charge is 2.04. The second-order valence-electron chi connectivity index (χ2n) is 3.93. The van der Waals surface area contributed by atoms with Gasteiger partial charge < -0.3 is 15.7 Å². The molecule has 0 fully saturated rings. The van der Waals surface area contributed by atoms with E-state index in [-0.39, 0.29) is 6.61 Å². The van der Waals surface area contributed by atoms with Crippen LogP contribution in [0.2, 0.25) is 0 Å². The lowest BCUT2D eigenvalue weighted by Crippen LogP contribution is -2.25. The van der Waals surface area contributed by atoms with Crippen molar-refractivity contribution in [1.29, 1.82) is 0 Å². The van der Waals surface area contributed by atoms with Crippen LogP contribution in [0, 0.1) is 0 Å². The molecule has 3 nitrogen and oxygen atoms in total. The molecule has 0 amide bonds. The van der Waals surface area contributed by atoms with Gasteiger partial charge in [-0.25, -0.2) is 0 Å². The Labute approximate surface area is 97.9 Å². The molecule has 0 radical (unpaired) electrons. The van der Waals surface area contributed by atoms with Crippen molar-refractivity contribution in [2.45, 2.75) is 26.3 Å². The van der Waals surface area contributed by atoms with Crippen LogP contribution in [-0.2, 0) is 6.54 Å². The lowest BCUT2D eigenvalue weighted by atomic mass is 10.2. The number of rotatable bonds is 7. The molecule has 0 saturated carbocycles. The number of aliphatic hydroxyl groups is 1. The first-order chi connectivity index (χ1) is 7.81. The van der Waals surface area contributed by atoms with Crippen LogP contribution >= 0.6 is 0 Å². The van der Waals surface area contributed by atoms with E-state index in [1.165, 1.54) is 5.69 Å². The van der Waals surface area contributed by atoms with Gasteiger partial charge in [0.05, 0.1) is 0 Å². The SMILES string of the molecule is CCCN(CCCO)c1ccc(CN)cc1. The lowest BCUT2D eigenvalue weighted by molar-refractivity contribution is 0.289. The Hall–Kier alpha value is -1.06.